The standard InChI is InChI=1S/C32H37Cl2N3O4S/c1-4-29(32(39)35-24-11-8-9-12-24)36(20-26-27(33)15-10-16-28(26)34)31(38)21-37(30-19-22(2)17-18-23(30)3)42(40,41)25-13-6-5-7-14-25/h5-7,10,13-19,24,29H,4,8-9,11-12,20-21H2,1-3H3,(H,35,39). The van der Waals surface area contributed by atoms with Gasteiger partial charge in [0, 0.05) is 28.2 Å². The molecule has 42 heavy (non-hydrogen) atoms. The van der Waals surface area contributed by atoms with E-state index in [0.29, 0.717) is 33.3 Å². The van der Waals surface area contributed by atoms with Gasteiger partial charge in [-0.2, -0.15) is 0 Å². The van der Waals surface area contributed by atoms with E-state index in [4.69, 9.17) is 23.2 Å². The summed E-state index contributed by atoms with van der Waals surface area (Å²) in [5.41, 5.74) is 2.43. The van der Waals surface area contributed by atoms with Crippen LogP contribution >= 0.6 is 23.2 Å². The van der Waals surface area contributed by atoms with E-state index in [1.54, 1.807) is 49.4 Å². The van der Waals surface area contributed by atoms with E-state index in [9.17, 15) is 18.0 Å². The van der Waals surface area contributed by atoms with Gasteiger partial charge in [-0.3, -0.25) is 13.9 Å². The summed E-state index contributed by atoms with van der Waals surface area (Å²) in [5.74, 6) is -0.815. The summed E-state index contributed by atoms with van der Waals surface area (Å²) in [6.07, 6.45) is 4.19. The predicted octanol–water partition coefficient (Wildman–Crippen LogP) is 6.67. The Balaban J connectivity index is 1.77. The topological polar surface area (TPSA) is 86.8 Å². The van der Waals surface area contributed by atoms with Crippen molar-refractivity contribution >= 4 is 50.7 Å². The van der Waals surface area contributed by atoms with Crippen molar-refractivity contribution in [3.63, 3.8) is 0 Å². The van der Waals surface area contributed by atoms with Gasteiger partial charge in [-0.15, -0.1) is 0 Å². The molecule has 3 aromatic carbocycles. The van der Waals surface area contributed by atoms with E-state index in [-0.39, 0.29) is 23.4 Å². The fourth-order valence-corrected chi connectivity index (χ4v) is 7.37. The number of sulfonamides is 1. The lowest BCUT2D eigenvalue weighted by Gasteiger charge is -2.34. The molecule has 4 rings (SSSR count). The van der Waals surface area contributed by atoms with Gasteiger partial charge in [-0.25, -0.2) is 8.42 Å². The Hall–Kier alpha value is -3.07. The maximum Gasteiger partial charge on any atom is 0.264 e. The van der Waals surface area contributed by atoms with Crippen LogP contribution in [0.3, 0.4) is 0 Å². The maximum atomic E-state index is 14.3. The number of amides is 2. The van der Waals surface area contributed by atoms with E-state index < -0.39 is 28.5 Å². The Kier molecular flexibility index (Phi) is 10.6. The van der Waals surface area contributed by atoms with Gasteiger partial charge in [0.05, 0.1) is 10.6 Å². The van der Waals surface area contributed by atoms with Crippen molar-refractivity contribution in [2.75, 3.05) is 10.8 Å². The van der Waals surface area contributed by atoms with Crippen LogP contribution in [0.5, 0.6) is 0 Å². The predicted molar refractivity (Wildman–Crippen MR) is 168 cm³/mol. The third-order valence-electron chi connectivity index (χ3n) is 7.72. The molecule has 7 nitrogen and oxygen atoms in total. The molecule has 0 radical (unpaired) electrons. The Bertz CT molecular complexity index is 1510. The quantitative estimate of drug-likeness (QED) is 0.256. The molecule has 0 heterocycles. The highest BCUT2D eigenvalue weighted by atomic mass is 35.5. The normalized spacial score (nSPS) is 14.4. The van der Waals surface area contributed by atoms with Crippen LogP contribution in [-0.2, 0) is 26.2 Å². The lowest BCUT2D eigenvalue weighted by molar-refractivity contribution is -0.140. The average molecular weight is 631 g/mol. The van der Waals surface area contributed by atoms with Gasteiger partial charge in [-0.05, 0) is 74.6 Å². The third-order valence-corrected chi connectivity index (χ3v) is 10.2. The summed E-state index contributed by atoms with van der Waals surface area (Å²) in [6.45, 7) is 4.93. The minimum absolute atomic E-state index is 0.0531. The van der Waals surface area contributed by atoms with Crippen molar-refractivity contribution in [1.82, 2.24) is 10.2 Å². The van der Waals surface area contributed by atoms with Crippen LogP contribution in [0, 0.1) is 13.8 Å². The number of nitrogens with zero attached hydrogens (tertiary/aromatic N) is 2. The summed E-state index contributed by atoms with van der Waals surface area (Å²) in [6, 6.07) is 17.7. The number of carbonyl (C=O) groups is 2. The van der Waals surface area contributed by atoms with Gasteiger partial charge < -0.3 is 10.2 Å². The first kappa shape index (κ1) is 31.9. The second-order valence-electron chi connectivity index (χ2n) is 10.8. The molecule has 10 heteroatoms. The van der Waals surface area contributed by atoms with Crippen LogP contribution in [0.15, 0.2) is 71.6 Å². The molecule has 0 bridgehead atoms. The third kappa shape index (κ3) is 7.28. The van der Waals surface area contributed by atoms with E-state index in [1.165, 1.54) is 17.0 Å². The Morgan fingerprint density at radius 2 is 1.60 bits per heavy atom. The first-order valence-corrected chi connectivity index (χ1v) is 16.4. The summed E-state index contributed by atoms with van der Waals surface area (Å²) in [4.78, 5) is 29.4. The van der Waals surface area contributed by atoms with Crippen molar-refractivity contribution in [2.24, 2.45) is 0 Å². The Morgan fingerprint density at radius 1 is 0.952 bits per heavy atom. The highest BCUT2D eigenvalue weighted by Gasteiger charge is 2.35. The molecule has 1 unspecified atom stereocenters. The summed E-state index contributed by atoms with van der Waals surface area (Å²) in [5, 5.41) is 3.82. The highest BCUT2D eigenvalue weighted by molar-refractivity contribution is 7.92. The second-order valence-corrected chi connectivity index (χ2v) is 13.4. The first-order chi connectivity index (χ1) is 20.0. The summed E-state index contributed by atoms with van der Waals surface area (Å²) >= 11 is 13.0. The smallest absolute Gasteiger partial charge is 0.264 e. The maximum absolute atomic E-state index is 14.3. The van der Waals surface area contributed by atoms with Gasteiger partial charge in [0.2, 0.25) is 11.8 Å². The lowest BCUT2D eigenvalue weighted by Crippen LogP contribution is -2.53. The molecular formula is C32H37Cl2N3O4S. The molecule has 1 aliphatic carbocycles. The van der Waals surface area contributed by atoms with Gasteiger partial charge in [-0.1, -0.05) is 79.4 Å². The monoisotopic (exact) mass is 629 g/mol. The molecule has 2 amide bonds. The molecule has 1 fully saturated rings. The van der Waals surface area contributed by atoms with E-state index in [0.717, 1.165) is 35.6 Å². The molecule has 1 N–H and O–H groups in total. The van der Waals surface area contributed by atoms with Crippen LogP contribution in [0.25, 0.3) is 0 Å². The van der Waals surface area contributed by atoms with Crippen molar-refractivity contribution in [3.05, 3.63) is 93.5 Å². The molecule has 0 spiro atoms. The minimum atomic E-state index is -4.15. The molecule has 1 saturated carbocycles. The number of carbonyl (C=O) groups excluding carboxylic acids is 2. The highest BCUT2D eigenvalue weighted by Crippen LogP contribution is 2.30. The molecule has 1 aliphatic rings. The van der Waals surface area contributed by atoms with Gasteiger partial charge in [0.1, 0.15) is 12.6 Å². The Morgan fingerprint density at radius 3 is 2.21 bits per heavy atom. The van der Waals surface area contributed by atoms with Gasteiger partial charge in [0.25, 0.3) is 10.0 Å². The van der Waals surface area contributed by atoms with Crippen LogP contribution in [0.2, 0.25) is 10.0 Å². The zero-order valence-corrected chi connectivity index (χ0v) is 26.5. The molecule has 1 atom stereocenters. The number of hydrogen-bond acceptors (Lipinski definition) is 4. The van der Waals surface area contributed by atoms with Crippen molar-refractivity contribution in [2.45, 2.75) is 76.4 Å². The van der Waals surface area contributed by atoms with Crippen LogP contribution < -0.4 is 9.62 Å². The number of hydrogen-bond donors (Lipinski definition) is 1. The van der Waals surface area contributed by atoms with Crippen molar-refractivity contribution < 1.29 is 18.0 Å². The van der Waals surface area contributed by atoms with E-state index >= 15 is 0 Å². The van der Waals surface area contributed by atoms with Crippen LogP contribution in [0.4, 0.5) is 5.69 Å². The van der Waals surface area contributed by atoms with Crippen molar-refractivity contribution in [3.8, 4) is 0 Å². The largest absolute Gasteiger partial charge is 0.352 e. The van der Waals surface area contributed by atoms with E-state index in [1.807, 2.05) is 26.0 Å². The number of nitrogens with one attached hydrogen (secondary N) is 1. The molecule has 224 valence electrons. The average Bonchev–Trinajstić information content (AvgIpc) is 3.48. The SMILES string of the molecule is CCC(C(=O)NC1CCCC1)N(Cc1c(Cl)cccc1Cl)C(=O)CN(c1cc(C)ccc1C)S(=O)(=O)c1ccccc1. The zero-order chi connectivity index (χ0) is 30.4. The zero-order valence-electron chi connectivity index (χ0n) is 24.1. The molecule has 0 saturated heterocycles. The Labute approximate surface area is 258 Å². The fourth-order valence-electron chi connectivity index (χ4n) is 5.36. The molecule has 0 aliphatic heterocycles. The van der Waals surface area contributed by atoms with Crippen LogP contribution in [-0.4, -0.2) is 43.8 Å². The fraction of sp³-hybridized carbons (Fsp3) is 0.375. The van der Waals surface area contributed by atoms with Crippen LogP contribution in [0.1, 0.15) is 55.7 Å². The van der Waals surface area contributed by atoms with Gasteiger partial charge >= 0.3 is 0 Å². The number of rotatable bonds is 11. The number of anilines is 1. The minimum Gasteiger partial charge on any atom is -0.352 e. The van der Waals surface area contributed by atoms with Gasteiger partial charge in [0.15, 0.2) is 0 Å². The summed E-state index contributed by atoms with van der Waals surface area (Å²) < 4.78 is 29.3. The number of aryl methyl sites for hydroxylation is 2. The number of benzene rings is 3. The van der Waals surface area contributed by atoms with E-state index in [2.05, 4.69) is 5.32 Å². The summed E-state index contributed by atoms with van der Waals surface area (Å²) in [7, 11) is -4.15. The van der Waals surface area contributed by atoms with Crippen molar-refractivity contribution in [1.29, 1.82) is 0 Å². The molecule has 3 aromatic rings. The second kappa shape index (κ2) is 13.9. The number of halogens is 2. The molecule has 0 aromatic heterocycles. The lowest BCUT2D eigenvalue weighted by atomic mass is 10.1. The molecular weight excluding hydrogens is 593 g/mol. The first-order valence-electron chi connectivity index (χ1n) is 14.2.